The highest BCUT2D eigenvalue weighted by Crippen LogP contribution is 2.38. The largest absolute Gasteiger partial charge is 0.381 e. The summed E-state index contributed by atoms with van der Waals surface area (Å²) in [6.45, 7) is 1.81. The normalized spacial score (nSPS) is 22.0. The van der Waals surface area contributed by atoms with Gasteiger partial charge in [0.15, 0.2) is 0 Å². The zero-order valence-electron chi connectivity index (χ0n) is 13.1. The van der Waals surface area contributed by atoms with Gasteiger partial charge in [0.25, 0.3) is 5.91 Å². The number of rotatable bonds is 2. The van der Waals surface area contributed by atoms with Gasteiger partial charge in [-0.25, -0.2) is 4.90 Å². The van der Waals surface area contributed by atoms with Gasteiger partial charge in [0.05, 0.1) is 5.69 Å². The third kappa shape index (κ3) is 2.42. The van der Waals surface area contributed by atoms with Crippen molar-refractivity contribution >= 4 is 46.4 Å². The first-order valence-corrected chi connectivity index (χ1v) is 8.37. The van der Waals surface area contributed by atoms with Gasteiger partial charge < -0.3 is 4.84 Å². The minimum absolute atomic E-state index is 0.371. The summed E-state index contributed by atoms with van der Waals surface area (Å²) < 4.78 is 0. The van der Waals surface area contributed by atoms with Crippen molar-refractivity contribution in [2.75, 3.05) is 4.90 Å². The molecular formula is C18H12Cl2N2O3. The molecule has 2 heterocycles. The van der Waals surface area contributed by atoms with E-state index in [1.165, 1.54) is 0 Å². The third-order valence-corrected chi connectivity index (χ3v) is 4.94. The molecule has 0 unspecified atom stereocenters. The number of hydrogen-bond donors (Lipinski definition) is 0. The Morgan fingerprint density at radius 2 is 1.84 bits per heavy atom. The highest BCUT2D eigenvalue weighted by Gasteiger charge is 2.56. The van der Waals surface area contributed by atoms with Gasteiger partial charge in [-0.2, -0.15) is 0 Å². The summed E-state index contributed by atoms with van der Waals surface area (Å²) in [5.41, 5.74) is 2.18. The molecule has 5 nitrogen and oxygen atoms in total. The lowest BCUT2D eigenvalue weighted by atomic mass is 9.94. The van der Waals surface area contributed by atoms with Gasteiger partial charge in [0.1, 0.15) is 11.6 Å². The number of halogens is 2. The van der Waals surface area contributed by atoms with Gasteiger partial charge in [-0.05, 0) is 30.7 Å². The maximum Gasteiger partial charge on any atom is 0.278 e. The Morgan fingerprint density at radius 3 is 2.60 bits per heavy atom. The second-order valence-electron chi connectivity index (χ2n) is 5.90. The average Bonchev–Trinajstić information content (AvgIpc) is 3.12. The Morgan fingerprint density at radius 1 is 1.08 bits per heavy atom. The SMILES string of the molecule is Cc1ccc(Cl)cc1N1C(=O)[C@H]2C(c3ccccc3Cl)=NO[C@H]2C1=O. The molecule has 0 saturated carbocycles. The lowest BCUT2D eigenvalue weighted by Gasteiger charge is -2.18. The van der Waals surface area contributed by atoms with Crippen LogP contribution < -0.4 is 4.90 Å². The minimum Gasteiger partial charge on any atom is -0.381 e. The van der Waals surface area contributed by atoms with Gasteiger partial charge >= 0.3 is 0 Å². The van der Waals surface area contributed by atoms with Crippen LogP contribution in [0.15, 0.2) is 47.6 Å². The van der Waals surface area contributed by atoms with Crippen LogP contribution in [0, 0.1) is 12.8 Å². The molecule has 0 N–H and O–H groups in total. The lowest BCUT2D eigenvalue weighted by Crippen LogP contribution is -2.33. The van der Waals surface area contributed by atoms with E-state index in [0.717, 1.165) is 10.5 Å². The van der Waals surface area contributed by atoms with Crippen LogP contribution in [-0.2, 0) is 14.4 Å². The van der Waals surface area contributed by atoms with Gasteiger partial charge in [0.2, 0.25) is 12.0 Å². The molecule has 0 aromatic heterocycles. The average molecular weight is 375 g/mol. The first-order chi connectivity index (χ1) is 12.0. The lowest BCUT2D eigenvalue weighted by molar-refractivity contribution is -0.126. The Bertz CT molecular complexity index is 942. The minimum atomic E-state index is -0.975. The van der Waals surface area contributed by atoms with Gasteiger partial charge in [0, 0.05) is 15.6 Å². The Hall–Kier alpha value is -2.37. The van der Waals surface area contributed by atoms with E-state index >= 15 is 0 Å². The zero-order chi connectivity index (χ0) is 17.7. The van der Waals surface area contributed by atoms with Crippen LogP contribution in [0.1, 0.15) is 11.1 Å². The molecule has 0 spiro atoms. The molecule has 126 valence electrons. The number of hydrogen-bond acceptors (Lipinski definition) is 4. The summed E-state index contributed by atoms with van der Waals surface area (Å²) in [6.07, 6.45) is -0.975. The van der Waals surface area contributed by atoms with Crippen molar-refractivity contribution < 1.29 is 14.4 Å². The predicted molar refractivity (Wildman–Crippen MR) is 95.0 cm³/mol. The van der Waals surface area contributed by atoms with Gasteiger partial charge in [-0.3, -0.25) is 9.59 Å². The van der Waals surface area contributed by atoms with Gasteiger partial charge in [-0.15, -0.1) is 0 Å². The maximum absolute atomic E-state index is 13.0. The van der Waals surface area contributed by atoms with Crippen LogP contribution in [0.4, 0.5) is 5.69 Å². The summed E-state index contributed by atoms with van der Waals surface area (Å²) in [5, 5.41) is 4.85. The van der Waals surface area contributed by atoms with Crippen molar-refractivity contribution in [2.24, 2.45) is 11.1 Å². The molecule has 25 heavy (non-hydrogen) atoms. The number of nitrogens with zero attached hydrogens (tertiary/aromatic N) is 2. The Labute approximate surface area is 153 Å². The van der Waals surface area contributed by atoms with Crippen LogP contribution in [-0.4, -0.2) is 23.6 Å². The Balaban J connectivity index is 1.77. The molecule has 0 radical (unpaired) electrons. The van der Waals surface area contributed by atoms with E-state index in [1.54, 1.807) is 42.5 Å². The number of fused-ring (bicyclic) bond motifs is 1. The van der Waals surface area contributed by atoms with Crippen LogP contribution >= 0.6 is 23.2 Å². The van der Waals surface area contributed by atoms with Crippen molar-refractivity contribution in [3.8, 4) is 0 Å². The summed E-state index contributed by atoms with van der Waals surface area (Å²) >= 11 is 12.2. The van der Waals surface area contributed by atoms with Crippen molar-refractivity contribution in [2.45, 2.75) is 13.0 Å². The number of benzene rings is 2. The predicted octanol–water partition coefficient (Wildman–Crippen LogP) is 3.59. The van der Waals surface area contributed by atoms with Crippen LogP contribution in [0.25, 0.3) is 0 Å². The molecule has 1 fully saturated rings. The van der Waals surface area contributed by atoms with E-state index in [-0.39, 0.29) is 0 Å². The molecule has 1 saturated heterocycles. The highest BCUT2D eigenvalue weighted by atomic mass is 35.5. The van der Waals surface area contributed by atoms with E-state index in [1.807, 2.05) is 6.92 Å². The number of carbonyl (C=O) groups excluding carboxylic acids is 2. The van der Waals surface area contributed by atoms with E-state index in [9.17, 15) is 9.59 Å². The van der Waals surface area contributed by atoms with Crippen molar-refractivity contribution in [3.63, 3.8) is 0 Å². The number of amides is 2. The quantitative estimate of drug-likeness (QED) is 0.754. The Kier molecular flexibility index (Phi) is 3.78. The fourth-order valence-corrected chi connectivity index (χ4v) is 3.53. The third-order valence-electron chi connectivity index (χ3n) is 4.37. The fraction of sp³-hybridized carbons (Fsp3) is 0.167. The van der Waals surface area contributed by atoms with Gasteiger partial charge in [-0.1, -0.05) is 52.6 Å². The van der Waals surface area contributed by atoms with Crippen LogP contribution in [0.2, 0.25) is 10.0 Å². The zero-order valence-corrected chi connectivity index (χ0v) is 14.6. The number of carbonyl (C=O) groups is 2. The van der Waals surface area contributed by atoms with Crippen molar-refractivity contribution in [1.82, 2.24) is 0 Å². The molecule has 4 rings (SSSR count). The van der Waals surface area contributed by atoms with E-state index in [2.05, 4.69) is 5.16 Å². The second-order valence-corrected chi connectivity index (χ2v) is 6.75. The molecule has 0 aliphatic carbocycles. The maximum atomic E-state index is 13.0. The number of oxime groups is 1. The number of anilines is 1. The molecule has 2 aliphatic heterocycles. The molecule has 2 aliphatic rings. The standard InChI is InChI=1S/C18H12Cl2N2O3/c1-9-6-7-10(19)8-13(9)22-17(23)14-15(21-25-16(14)18(22)24)11-4-2-3-5-12(11)20/h2-8,14,16H,1H3/t14-,16+/m0/s1. The molecular weight excluding hydrogens is 363 g/mol. The smallest absolute Gasteiger partial charge is 0.278 e. The number of aryl methyl sites for hydroxylation is 1. The second kappa shape index (κ2) is 5.86. The molecule has 2 atom stereocenters. The highest BCUT2D eigenvalue weighted by molar-refractivity contribution is 6.38. The van der Waals surface area contributed by atoms with Crippen LogP contribution in [0.3, 0.4) is 0 Å². The molecule has 2 aromatic carbocycles. The van der Waals surface area contributed by atoms with E-state index in [4.69, 9.17) is 28.0 Å². The summed E-state index contributed by atoms with van der Waals surface area (Å²) in [7, 11) is 0. The summed E-state index contributed by atoms with van der Waals surface area (Å²) in [4.78, 5) is 32.2. The first kappa shape index (κ1) is 16.1. The molecule has 7 heteroatoms. The van der Waals surface area contributed by atoms with Crippen molar-refractivity contribution in [3.05, 3.63) is 63.6 Å². The monoisotopic (exact) mass is 374 g/mol. The molecule has 0 bridgehead atoms. The summed E-state index contributed by atoms with van der Waals surface area (Å²) in [6, 6.07) is 12.1. The molecule has 2 aromatic rings. The topological polar surface area (TPSA) is 59.0 Å². The number of imide groups is 1. The van der Waals surface area contributed by atoms with Crippen molar-refractivity contribution in [1.29, 1.82) is 0 Å². The molecule has 2 amide bonds. The fourth-order valence-electron chi connectivity index (χ4n) is 3.13. The first-order valence-electron chi connectivity index (χ1n) is 7.61. The van der Waals surface area contributed by atoms with Crippen LogP contribution in [0.5, 0.6) is 0 Å². The van der Waals surface area contributed by atoms with E-state index < -0.39 is 23.8 Å². The summed E-state index contributed by atoms with van der Waals surface area (Å²) in [5.74, 6) is -1.66. The van der Waals surface area contributed by atoms with E-state index in [0.29, 0.717) is 27.0 Å².